The molecule has 2 amide bonds. The molecule has 2 aromatic heterocycles. The van der Waals surface area contributed by atoms with E-state index in [0.29, 0.717) is 11.1 Å². The fraction of sp³-hybridized carbons (Fsp3) is 0.125. The number of aromatic amines is 2. The first-order valence-electron chi connectivity index (χ1n) is 13.8. The van der Waals surface area contributed by atoms with E-state index in [-0.39, 0.29) is 41.3 Å². The molecule has 0 aliphatic carbocycles. The molecule has 5 aromatic rings. The van der Waals surface area contributed by atoms with Gasteiger partial charge in [0.05, 0.1) is 50.2 Å². The van der Waals surface area contributed by atoms with Gasteiger partial charge in [-0.15, -0.1) is 0 Å². The molecule has 0 fully saturated rings. The lowest BCUT2D eigenvalue weighted by molar-refractivity contribution is -0.111. The average molecular weight is 655 g/mol. The molecule has 46 heavy (non-hydrogen) atoms. The van der Waals surface area contributed by atoms with Crippen molar-refractivity contribution in [3.05, 3.63) is 84.1 Å². The largest absolute Gasteiger partial charge is 0.453 e. The number of rotatable bonds is 10. The summed E-state index contributed by atoms with van der Waals surface area (Å²) in [5.41, 5.74) is 7.70. The number of alkyl carbamates (subject to hydrolysis) is 2. The van der Waals surface area contributed by atoms with E-state index in [0.717, 1.165) is 44.5 Å². The van der Waals surface area contributed by atoms with Crippen LogP contribution < -0.4 is 21.8 Å². The monoisotopic (exact) mass is 654 g/mol. The van der Waals surface area contributed by atoms with Crippen molar-refractivity contribution in [1.82, 2.24) is 30.6 Å². The molecule has 4 N–H and O–H groups in total. The highest BCUT2D eigenvalue weighted by Crippen LogP contribution is 2.24. The van der Waals surface area contributed by atoms with E-state index in [4.69, 9.17) is 0 Å². The van der Waals surface area contributed by atoms with Gasteiger partial charge >= 0.3 is 12.2 Å². The van der Waals surface area contributed by atoms with Crippen molar-refractivity contribution in [3.63, 3.8) is 0 Å². The summed E-state index contributed by atoms with van der Waals surface area (Å²) in [6.07, 6.45) is 0.378. The number of nitrogens with one attached hydrogen (secondary N) is 4. The van der Waals surface area contributed by atoms with Crippen LogP contribution in [0, 0.1) is 11.8 Å². The Labute approximate surface area is 267 Å². The van der Waals surface area contributed by atoms with Crippen molar-refractivity contribution in [1.29, 1.82) is 0 Å². The lowest BCUT2D eigenvalue weighted by Crippen LogP contribution is -2.28. The number of carbonyl (C=O) groups excluding carboxylic acids is 4. The van der Waals surface area contributed by atoms with E-state index in [1.807, 2.05) is 66.7 Å². The summed E-state index contributed by atoms with van der Waals surface area (Å²) in [6.45, 7) is -0.242. The Balaban J connectivity index is 1.18. The smallest absolute Gasteiger partial charge is 0.407 e. The van der Waals surface area contributed by atoms with Crippen LogP contribution in [-0.4, -0.2) is 70.5 Å². The van der Waals surface area contributed by atoms with Crippen LogP contribution >= 0.6 is 17.2 Å². The molecule has 14 heteroatoms. The van der Waals surface area contributed by atoms with E-state index in [1.165, 1.54) is 14.2 Å². The lowest BCUT2D eigenvalue weighted by Gasteiger charge is -2.04. The second kappa shape index (κ2) is 15.1. The van der Waals surface area contributed by atoms with Gasteiger partial charge in [0, 0.05) is 28.3 Å². The highest BCUT2D eigenvalue weighted by molar-refractivity contribution is 7.65. The quantitative estimate of drug-likeness (QED) is 0.131. The molecule has 5 rings (SSSR count). The molecule has 2 unspecified atom stereocenters. The third-order valence-corrected chi connectivity index (χ3v) is 8.37. The summed E-state index contributed by atoms with van der Waals surface area (Å²) in [7, 11) is 2.04. The third-order valence-electron chi connectivity index (χ3n) is 6.50. The van der Waals surface area contributed by atoms with Gasteiger partial charge in [0.1, 0.15) is 11.1 Å². The predicted molar refractivity (Wildman–Crippen MR) is 178 cm³/mol. The third kappa shape index (κ3) is 8.63. The second-order valence-corrected chi connectivity index (χ2v) is 12.2. The topological polar surface area (TPSA) is 168 Å². The number of carbonyl (C=O) groups is 4. The SMILES string of the molecule is COC(=O)NCC(=O)Pc1ncc(-c2ccc(-c3ccc(C#Cc4ccc5nc(PC(=O)CNC(=O)OC)[nH]c5c4)cc3)cc2)[nH]1. The zero-order valence-electron chi connectivity index (χ0n) is 24.7. The van der Waals surface area contributed by atoms with Crippen LogP contribution in [-0.2, 0) is 19.1 Å². The number of nitrogens with zero attached hydrogens (tertiary/aromatic N) is 2. The van der Waals surface area contributed by atoms with Crippen LogP contribution in [0.15, 0.2) is 72.9 Å². The van der Waals surface area contributed by atoms with E-state index in [9.17, 15) is 19.2 Å². The van der Waals surface area contributed by atoms with Gasteiger partial charge in [0.15, 0.2) is 11.0 Å². The molecular formula is C32H28N6O6P2. The molecule has 0 aliphatic rings. The summed E-state index contributed by atoms with van der Waals surface area (Å²) in [5, 5.41) is 4.75. The molecule has 0 saturated carbocycles. The van der Waals surface area contributed by atoms with Gasteiger partial charge < -0.3 is 30.1 Å². The number of fused-ring (bicyclic) bond motifs is 1. The van der Waals surface area contributed by atoms with Gasteiger partial charge in [0.25, 0.3) is 0 Å². The normalized spacial score (nSPS) is 11.0. The minimum Gasteiger partial charge on any atom is -0.453 e. The van der Waals surface area contributed by atoms with Crippen molar-refractivity contribution in [2.45, 2.75) is 0 Å². The van der Waals surface area contributed by atoms with Crippen molar-refractivity contribution in [2.24, 2.45) is 0 Å². The molecule has 0 aliphatic heterocycles. The molecule has 0 spiro atoms. The highest BCUT2D eigenvalue weighted by Gasteiger charge is 2.12. The standard InChI is InChI=1S/C32H28N6O6P2/c1-43-31(41)34-17-27(39)45-29-33-16-26(38-29)23-12-10-22(11-13-23)21-8-5-19(6-9-21)3-4-20-7-14-24-25(15-20)37-30(36-24)46-28(40)18-35-32(42)44-2/h5-16,45-46H,17-18H2,1-2H3,(H,33,38)(H,34,41)(H,35,42)(H,36,37). The maximum Gasteiger partial charge on any atom is 0.407 e. The first-order valence-corrected chi connectivity index (χ1v) is 15.8. The fourth-order valence-electron chi connectivity index (χ4n) is 4.21. The molecule has 0 radical (unpaired) electrons. The van der Waals surface area contributed by atoms with Gasteiger partial charge in [0.2, 0.25) is 0 Å². The Morgan fingerprint density at radius 2 is 1.26 bits per heavy atom. The number of methoxy groups -OCH3 is 2. The van der Waals surface area contributed by atoms with Gasteiger partial charge in [-0.2, -0.15) is 0 Å². The number of imidazole rings is 2. The lowest BCUT2D eigenvalue weighted by atomic mass is 10.0. The first-order chi connectivity index (χ1) is 22.3. The van der Waals surface area contributed by atoms with Crippen LogP contribution in [0.1, 0.15) is 11.1 Å². The minimum absolute atomic E-state index is 0.118. The highest BCUT2D eigenvalue weighted by atomic mass is 31.1. The molecule has 232 valence electrons. The van der Waals surface area contributed by atoms with Crippen molar-refractivity contribution in [2.75, 3.05) is 27.3 Å². The van der Waals surface area contributed by atoms with Crippen LogP contribution in [0.4, 0.5) is 9.59 Å². The summed E-state index contributed by atoms with van der Waals surface area (Å²) in [4.78, 5) is 61.6. The van der Waals surface area contributed by atoms with Gasteiger partial charge in [-0.05, 0) is 47.0 Å². The number of benzene rings is 3. The Kier molecular flexibility index (Phi) is 10.5. The Morgan fingerprint density at radius 1 is 0.717 bits per heavy atom. The number of hydrogen-bond acceptors (Lipinski definition) is 8. The van der Waals surface area contributed by atoms with Gasteiger partial charge in [-0.3, -0.25) is 9.59 Å². The number of aromatic nitrogens is 4. The van der Waals surface area contributed by atoms with E-state index >= 15 is 0 Å². The molecule has 2 heterocycles. The molecule has 2 atom stereocenters. The Morgan fingerprint density at radius 3 is 1.89 bits per heavy atom. The van der Waals surface area contributed by atoms with E-state index in [1.54, 1.807) is 6.20 Å². The number of ether oxygens (including phenoxy) is 2. The maximum absolute atomic E-state index is 12.1. The zero-order chi connectivity index (χ0) is 32.5. The summed E-state index contributed by atoms with van der Waals surface area (Å²) >= 11 is 0. The van der Waals surface area contributed by atoms with Crippen LogP contribution in [0.5, 0.6) is 0 Å². The first kappa shape index (κ1) is 32.0. The van der Waals surface area contributed by atoms with Crippen LogP contribution in [0.25, 0.3) is 33.4 Å². The fourth-order valence-corrected chi connectivity index (χ4v) is 5.79. The number of H-pyrrole nitrogens is 2. The van der Waals surface area contributed by atoms with Crippen LogP contribution in [0.3, 0.4) is 0 Å². The zero-order valence-corrected chi connectivity index (χ0v) is 26.7. The van der Waals surface area contributed by atoms with Crippen molar-refractivity contribution >= 4 is 62.6 Å². The van der Waals surface area contributed by atoms with E-state index < -0.39 is 12.2 Å². The molecule has 3 aromatic carbocycles. The summed E-state index contributed by atoms with van der Waals surface area (Å²) in [5.74, 6) is 6.37. The molecular weight excluding hydrogens is 626 g/mol. The minimum atomic E-state index is -0.655. The van der Waals surface area contributed by atoms with Crippen molar-refractivity contribution < 1.29 is 28.7 Å². The predicted octanol–water partition coefficient (Wildman–Crippen LogP) is 3.39. The molecule has 0 saturated heterocycles. The summed E-state index contributed by atoms with van der Waals surface area (Å²) < 4.78 is 8.95. The van der Waals surface area contributed by atoms with E-state index in [2.05, 4.69) is 51.9 Å². The second-order valence-electron chi connectivity index (χ2n) is 9.65. The number of hydrogen-bond donors (Lipinski definition) is 4. The Hall–Kier alpha value is -5.36. The Bertz CT molecular complexity index is 1960. The van der Waals surface area contributed by atoms with Crippen molar-refractivity contribution in [3.8, 4) is 34.2 Å². The van der Waals surface area contributed by atoms with Gasteiger partial charge in [-0.25, -0.2) is 19.6 Å². The summed E-state index contributed by atoms with van der Waals surface area (Å²) in [6, 6.07) is 21.6. The van der Waals surface area contributed by atoms with Gasteiger partial charge in [-0.1, -0.05) is 48.2 Å². The molecule has 12 nitrogen and oxygen atoms in total. The number of amides is 2. The van der Waals surface area contributed by atoms with Crippen LogP contribution in [0.2, 0.25) is 0 Å². The average Bonchev–Trinajstić information content (AvgIpc) is 3.71. The molecule has 0 bridgehead atoms. The maximum atomic E-state index is 12.1.